The van der Waals surface area contributed by atoms with Crippen molar-refractivity contribution in [1.82, 2.24) is 9.29 Å². The molecule has 1 saturated heterocycles. The second-order valence-electron chi connectivity index (χ2n) is 7.89. The Morgan fingerprint density at radius 2 is 1.51 bits per heavy atom. The Bertz CT molecular complexity index is 1210. The average Bonchev–Trinajstić information content (AvgIpc) is 2.81. The van der Waals surface area contributed by atoms with Gasteiger partial charge in [0.25, 0.3) is 0 Å². The number of nitrogens with zero attached hydrogens (tertiary/aromatic N) is 2. The van der Waals surface area contributed by atoms with Crippen LogP contribution in [0, 0.1) is 11.6 Å². The SMILES string of the molecule is O=S(=O)(Nc1ccc(C(F)(F)F)cn1)N1CCOC(C(c2ccc(F)cc2)c2ccc(F)cc2)C1. The molecule has 3 aromatic rings. The van der Waals surface area contributed by atoms with E-state index in [2.05, 4.69) is 9.71 Å². The summed E-state index contributed by atoms with van der Waals surface area (Å²) in [5.41, 5.74) is 0.271. The molecule has 186 valence electrons. The van der Waals surface area contributed by atoms with Crippen molar-refractivity contribution >= 4 is 16.0 Å². The summed E-state index contributed by atoms with van der Waals surface area (Å²) in [6.07, 6.45) is -4.77. The number of halogens is 5. The largest absolute Gasteiger partial charge is 0.417 e. The minimum atomic E-state index is -4.60. The monoisotopic (exact) mass is 513 g/mol. The molecule has 0 spiro atoms. The lowest BCUT2D eigenvalue weighted by Crippen LogP contribution is -2.49. The Kier molecular flexibility index (Phi) is 7.06. The molecule has 0 radical (unpaired) electrons. The van der Waals surface area contributed by atoms with Crippen molar-refractivity contribution < 1.29 is 35.1 Å². The maximum atomic E-state index is 13.5. The topological polar surface area (TPSA) is 71.5 Å². The minimum Gasteiger partial charge on any atom is -0.374 e. The van der Waals surface area contributed by atoms with Crippen LogP contribution in [-0.2, 0) is 21.1 Å². The zero-order valence-electron chi connectivity index (χ0n) is 18.0. The van der Waals surface area contributed by atoms with Crippen LogP contribution in [-0.4, -0.2) is 43.5 Å². The van der Waals surface area contributed by atoms with E-state index in [1.165, 1.54) is 24.3 Å². The standard InChI is InChI=1S/C23H20F5N3O3S/c24-18-6-1-15(2-7-18)22(16-3-8-19(25)9-4-16)20-14-31(11-12-34-20)35(32,33)30-21-10-5-17(13-29-21)23(26,27)28/h1-10,13,20,22H,11-12,14H2,(H,29,30). The van der Waals surface area contributed by atoms with Gasteiger partial charge in [-0.05, 0) is 47.5 Å². The molecule has 1 aromatic heterocycles. The lowest BCUT2D eigenvalue weighted by atomic mass is 9.86. The molecule has 4 rings (SSSR count). The van der Waals surface area contributed by atoms with Crippen LogP contribution in [0.15, 0.2) is 66.9 Å². The lowest BCUT2D eigenvalue weighted by molar-refractivity contribution is -0.137. The molecule has 12 heteroatoms. The number of alkyl halides is 3. The number of ether oxygens (including phenoxy) is 1. The predicted molar refractivity (Wildman–Crippen MR) is 118 cm³/mol. The molecule has 1 unspecified atom stereocenters. The Morgan fingerprint density at radius 3 is 2.00 bits per heavy atom. The van der Waals surface area contributed by atoms with Crippen molar-refractivity contribution in [3.05, 3.63) is 95.2 Å². The quantitative estimate of drug-likeness (QED) is 0.491. The molecular formula is C23H20F5N3O3S. The van der Waals surface area contributed by atoms with Gasteiger partial charge in [0.05, 0.1) is 18.3 Å². The Labute approximate surface area is 198 Å². The van der Waals surface area contributed by atoms with E-state index in [0.717, 1.165) is 16.4 Å². The average molecular weight is 513 g/mol. The van der Waals surface area contributed by atoms with E-state index in [9.17, 15) is 30.4 Å². The van der Waals surface area contributed by atoms with Gasteiger partial charge >= 0.3 is 16.4 Å². The van der Waals surface area contributed by atoms with Crippen LogP contribution in [0.3, 0.4) is 0 Å². The van der Waals surface area contributed by atoms with E-state index >= 15 is 0 Å². The molecular weight excluding hydrogens is 493 g/mol. The molecule has 35 heavy (non-hydrogen) atoms. The highest BCUT2D eigenvalue weighted by Crippen LogP contribution is 2.33. The van der Waals surface area contributed by atoms with Gasteiger partial charge in [-0.2, -0.15) is 25.9 Å². The molecule has 1 fully saturated rings. The van der Waals surface area contributed by atoms with Crippen molar-refractivity contribution in [3.8, 4) is 0 Å². The maximum Gasteiger partial charge on any atom is 0.417 e. The smallest absolute Gasteiger partial charge is 0.374 e. The van der Waals surface area contributed by atoms with E-state index in [1.54, 1.807) is 24.3 Å². The minimum absolute atomic E-state index is 0.00791. The summed E-state index contributed by atoms with van der Waals surface area (Å²) in [5, 5.41) is 0. The third-order valence-corrected chi connectivity index (χ3v) is 7.03. The first-order valence-electron chi connectivity index (χ1n) is 10.5. The Morgan fingerprint density at radius 1 is 0.943 bits per heavy atom. The molecule has 2 heterocycles. The van der Waals surface area contributed by atoms with E-state index in [-0.39, 0.29) is 25.5 Å². The summed E-state index contributed by atoms with van der Waals surface area (Å²) in [4.78, 5) is 3.55. The molecule has 1 atom stereocenters. The van der Waals surface area contributed by atoms with Crippen molar-refractivity contribution in [2.24, 2.45) is 0 Å². The summed E-state index contributed by atoms with van der Waals surface area (Å²) >= 11 is 0. The van der Waals surface area contributed by atoms with Crippen LogP contribution in [0.5, 0.6) is 0 Å². The second-order valence-corrected chi connectivity index (χ2v) is 9.56. The number of hydrogen-bond donors (Lipinski definition) is 1. The fourth-order valence-corrected chi connectivity index (χ4v) is 5.02. The van der Waals surface area contributed by atoms with Crippen LogP contribution in [0.2, 0.25) is 0 Å². The summed E-state index contributed by atoms with van der Waals surface area (Å²) < 4.78 is 100. The van der Waals surface area contributed by atoms with E-state index < -0.39 is 45.6 Å². The van der Waals surface area contributed by atoms with Gasteiger partial charge in [-0.3, -0.25) is 4.72 Å². The number of anilines is 1. The van der Waals surface area contributed by atoms with Crippen LogP contribution in [0.1, 0.15) is 22.6 Å². The molecule has 1 N–H and O–H groups in total. The number of morpholine rings is 1. The van der Waals surface area contributed by atoms with Crippen molar-refractivity contribution in [1.29, 1.82) is 0 Å². The lowest BCUT2D eigenvalue weighted by Gasteiger charge is -2.36. The summed E-state index contributed by atoms with van der Waals surface area (Å²) in [5.74, 6) is -1.71. The van der Waals surface area contributed by atoms with Crippen LogP contribution in [0.4, 0.5) is 27.8 Å². The van der Waals surface area contributed by atoms with Crippen LogP contribution >= 0.6 is 0 Å². The Hall–Kier alpha value is -3.09. The van der Waals surface area contributed by atoms with Crippen molar-refractivity contribution in [2.75, 3.05) is 24.4 Å². The van der Waals surface area contributed by atoms with E-state index in [4.69, 9.17) is 4.74 Å². The number of nitrogens with one attached hydrogen (secondary N) is 1. The van der Waals surface area contributed by atoms with Gasteiger partial charge in [-0.25, -0.2) is 13.8 Å². The van der Waals surface area contributed by atoms with Gasteiger partial charge in [0.2, 0.25) is 0 Å². The number of aromatic nitrogens is 1. The fraction of sp³-hybridized carbons (Fsp3) is 0.261. The van der Waals surface area contributed by atoms with Gasteiger partial charge in [-0.15, -0.1) is 0 Å². The third-order valence-electron chi connectivity index (χ3n) is 5.55. The predicted octanol–water partition coefficient (Wildman–Crippen LogP) is 4.57. The molecule has 0 saturated carbocycles. The molecule has 0 bridgehead atoms. The highest BCUT2D eigenvalue weighted by Gasteiger charge is 2.36. The van der Waals surface area contributed by atoms with Gasteiger partial charge in [-0.1, -0.05) is 24.3 Å². The highest BCUT2D eigenvalue weighted by molar-refractivity contribution is 7.90. The van der Waals surface area contributed by atoms with Crippen LogP contribution < -0.4 is 4.72 Å². The number of benzene rings is 2. The normalized spacial score (nSPS) is 17.5. The third kappa shape index (κ3) is 5.95. The molecule has 0 amide bonds. The highest BCUT2D eigenvalue weighted by atomic mass is 32.2. The van der Waals surface area contributed by atoms with Crippen LogP contribution in [0.25, 0.3) is 0 Å². The van der Waals surface area contributed by atoms with Gasteiger partial charge < -0.3 is 4.74 Å². The van der Waals surface area contributed by atoms with Gasteiger partial charge in [0.15, 0.2) is 0 Å². The van der Waals surface area contributed by atoms with E-state index in [1.807, 2.05) is 0 Å². The molecule has 1 aliphatic rings. The fourth-order valence-electron chi connectivity index (χ4n) is 3.85. The van der Waals surface area contributed by atoms with Crippen molar-refractivity contribution in [2.45, 2.75) is 18.2 Å². The van der Waals surface area contributed by atoms with E-state index in [0.29, 0.717) is 17.3 Å². The molecule has 1 aliphatic heterocycles. The molecule has 0 aliphatic carbocycles. The number of pyridine rings is 1. The van der Waals surface area contributed by atoms with Crippen molar-refractivity contribution in [3.63, 3.8) is 0 Å². The number of rotatable bonds is 6. The summed E-state index contributed by atoms with van der Waals surface area (Å²) in [6, 6.07) is 12.9. The first-order chi connectivity index (χ1) is 16.5. The Balaban J connectivity index is 1.57. The molecule has 6 nitrogen and oxygen atoms in total. The van der Waals surface area contributed by atoms with Gasteiger partial charge in [0, 0.05) is 25.2 Å². The molecule has 2 aromatic carbocycles. The first-order valence-corrected chi connectivity index (χ1v) is 11.9. The maximum absolute atomic E-state index is 13.5. The second kappa shape index (κ2) is 9.88. The van der Waals surface area contributed by atoms with Gasteiger partial charge in [0.1, 0.15) is 17.5 Å². The summed E-state index contributed by atoms with van der Waals surface area (Å²) in [6.45, 7) is -0.0910. The first kappa shape index (κ1) is 25.0. The number of hydrogen-bond acceptors (Lipinski definition) is 4. The zero-order chi connectivity index (χ0) is 25.2. The summed E-state index contributed by atoms with van der Waals surface area (Å²) in [7, 11) is -4.19. The zero-order valence-corrected chi connectivity index (χ0v) is 18.9.